The largest absolute Gasteiger partial charge is 0.383 e. The lowest BCUT2D eigenvalue weighted by atomic mass is 9.78. The van der Waals surface area contributed by atoms with Crippen LogP contribution in [0.3, 0.4) is 0 Å². The SMILES string of the molecule is CC1CCCC(NC(=O)c2cn[nH]c2N)C1C. The van der Waals surface area contributed by atoms with Gasteiger partial charge in [-0.15, -0.1) is 0 Å². The second-order valence-corrected chi connectivity index (χ2v) is 5.04. The number of nitrogen functional groups attached to an aromatic ring is 1. The number of carbonyl (C=O) groups excluding carboxylic acids is 1. The van der Waals surface area contributed by atoms with E-state index in [1.165, 1.54) is 19.0 Å². The van der Waals surface area contributed by atoms with E-state index in [4.69, 9.17) is 5.73 Å². The summed E-state index contributed by atoms with van der Waals surface area (Å²) in [6.45, 7) is 4.45. The summed E-state index contributed by atoms with van der Waals surface area (Å²) in [5.41, 5.74) is 6.07. The summed E-state index contributed by atoms with van der Waals surface area (Å²) >= 11 is 0. The van der Waals surface area contributed by atoms with Crippen molar-refractivity contribution in [1.82, 2.24) is 15.5 Å². The lowest BCUT2D eigenvalue weighted by molar-refractivity contribution is 0.0892. The summed E-state index contributed by atoms with van der Waals surface area (Å²) in [6.07, 6.45) is 4.95. The molecule has 0 aliphatic heterocycles. The molecule has 1 aliphatic carbocycles. The van der Waals surface area contributed by atoms with E-state index in [1.54, 1.807) is 0 Å². The monoisotopic (exact) mass is 236 g/mol. The number of rotatable bonds is 2. The zero-order valence-electron chi connectivity index (χ0n) is 10.4. The molecule has 1 aromatic heterocycles. The summed E-state index contributed by atoms with van der Waals surface area (Å²) in [5.74, 6) is 1.39. The molecule has 17 heavy (non-hydrogen) atoms. The van der Waals surface area contributed by atoms with E-state index < -0.39 is 0 Å². The summed E-state index contributed by atoms with van der Waals surface area (Å²) in [7, 11) is 0. The molecule has 0 spiro atoms. The molecule has 1 aromatic rings. The number of aromatic amines is 1. The van der Waals surface area contributed by atoms with E-state index in [9.17, 15) is 4.79 Å². The Morgan fingerprint density at radius 2 is 2.29 bits per heavy atom. The maximum atomic E-state index is 12.0. The van der Waals surface area contributed by atoms with Crippen LogP contribution in [0.25, 0.3) is 0 Å². The molecule has 5 heteroatoms. The molecule has 94 valence electrons. The predicted octanol–water partition coefficient (Wildman–Crippen LogP) is 1.55. The predicted molar refractivity (Wildman–Crippen MR) is 66.4 cm³/mol. The highest BCUT2D eigenvalue weighted by molar-refractivity contribution is 5.98. The van der Waals surface area contributed by atoms with Crippen molar-refractivity contribution in [3.63, 3.8) is 0 Å². The topological polar surface area (TPSA) is 83.8 Å². The van der Waals surface area contributed by atoms with Gasteiger partial charge < -0.3 is 11.1 Å². The Labute approximate surface area is 101 Å². The average molecular weight is 236 g/mol. The number of nitrogens with one attached hydrogen (secondary N) is 2. The summed E-state index contributed by atoms with van der Waals surface area (Å²) < 4.78 is 0. The fourth-order valence-electron chi connectivity index (χ4n) is 2.51. The van der Waals surface area contributed by atoms with Gasteiger partial charge in [0, 0.05) is 6.04 Å². The molecule has 4 N–H and O–H groups in total. The van der Waals surface area contributed by atoms with Gasteiger partial charge in [0.15, 0.2) is 0 Å². The molecule has 2 rings (SSSR count). The highest BCUT2D eigenvalue weighted by Gasteiger charge is 2.28. The number of aromatic nitrogens is 2. The van der Waals surface area contributed by atoms with E-state index >= 15 is 0 Å². The first-order chi connectivity index (χ1) is 8.09. The van der Waals surface area contributed by atoms with Crippen LogP contribution in [-0.2, 0) is 0 Å². The second-order valence-electron chi connectivity index (χ2n) is 5.04. The third-order valence-corrected chi connectivity index (χ3v) is 3.94. The fraction of sp³-hybridized carbons (Fsp3) is 0.667. The Kier molecular flexibility index (Phi) is 3.36. The molecule has 0 saturated heterocycles. The number of carbonyl (C=O) groups is 1. The van der Waals surface area contributed by atoms with Gasteiger partial charge in [0.05, 0.1) is 6.20 Å². The molecular weight excluding hydrogens is 216 g/mol. The Morgan fingerprint density at radius 1 is 1.53 bits per heavy atom. The van der Waals surface area contributed by atoms with E-state index in [1.807, 2.05) is 0 Å². The van der Waals surface area contributed by atoms with Crippen molar-refractivity contribution in [3.05, 3.63) is 11.8 Å². The minimum atomic E-state index is -0.123. The van der Waals surface area contributed by atoms with Gasteiger partial charge in [-0.3, -0.25) is 9.89 Å². The maximum Gasteiger partial charge on any atom is 0.256 e. The van der Waals surface area contributed by atoms with Gasteiger partial charge in [-0.2, -0.15) is 5.10 Å². The van der Waals surface area contributed by atoms with Crippen LogP contribution in [-0.4, -0.2) is 22.1 Å². The van der Waals surface area contributed by atoms with E-state index in [2.05, 4.69) is 29.4 Å². The first-order valence-electron chi connectivity index (χ1n) is 6.19. The van der Waals surface area contributed by atoms with E-state index in [-0.39, 0.29) is 11.9 Å². The van der Waals surface area contributed by atoms with Crippen LogP contribution in [0.15, 0.2) is 6.20 Å². The third-order valence-electron chi connectivity index (χ3n) is 3.94. The summed E-state index contributed by atoms with van der Waals surface area (Å²) in [6, 6.07) is 0.251. The van der Waals surface area contributed by atoms with Crippen LogP contribution in [0.5, 0.6) is 0 Å². The van der Waals surface area contributed by atoms with Gasteiger partial charge in [-0.05, 0) is 18.3 Å². The normalized spacial score (nSPS) is 28.9. The summed E-state index contributed by atoms with van der Waals surface area (Å²) in [4.78, 5) is 12.0. The minimum Gasteiger partial charge on any atom is -0.383 e. The quantitative estimate of drug-likeness (QED) is 0.728. The molecule has 1 heterocycles. The second kappa shape index (κ2) is 4.77. The van der Waals surface area contributed by atoms with Crippen molar-refractivity contribution < 1.29 is 4.79 Å². The van der Waals surface area contributed by atoms with Crippen LogP contribution in [0.2, 0.25) is 0 Å². The number of anilines is 1. The summed E-state index contributed by atoms with van der Waals surface area (Å²) in [5, 5.41) is 9.40. The number of amides is 1. The number of nitrogens with two attached hydrogens (primary N) is 1. The lowest BCUT2D eigenvalue weighted by Gasteiger charge is -2.34. The molecule has 5 nitrogen and oxygen atoms in total. The number of nitrogens with zero attached hydrogens (tertiary/aromatic N) is 1. The van der Waals surface area contributed by atoms with Gasteiger partial charge in [0.25, 0.3) is 5.91 Å². The Hall–Kier alpha value is -1.52. The Balaban J connectivity index is 2.01. The van der Waals surface area contributed by atoms with Crippen molar-refractivity contribution >= 4 is 11.7 Å². The van der Waals surface area contributed by atoms with Gasteiger partial charge in [-0.25, -0.2) is 0 Å². The highest BCUT2D eigenvalue weighted by Crippen LogP contribution is 2.29. The van der Waals surface area contributed by atoms with Gasteiger partial charge in [0.2, 0.25) is 0 Å². The first-order valence-corrected chi connectivity index (χ1v) is 6.19. The van der Waals surface area contributed by atoms with Gasteiger partial charge >= 0.3 is 0 Å². The van der Waals surface area contributed by atoms with Crippen molar-refractivity contribution in [2.24, 2.45) is 11.8 Å². The molecule has 1 saturated carbocycles. The molecule has 3 atom stereocenters. The molecule has 0 aromatic carbocycles. The van der Waals surface area contributed by atoms with Crippen LogP contribution >= 0.6 is 0 Å². The van der Waals surface area contributed by atoms with Crippen molar-refractivity contribution in [1.29, 1.82) is 0 Å². The minimum absolute atomic E-state index is 0.123. The number of H-pyrrole nitrogens is 1. The maximum absolute atomic E-state index is 12.0. The molecule has 1 amide bonds. The van der Waals surface area contributed by atoms with Gasteiger partial charge in [0.1, 0.15) is 11.4 Å². The third kappa shape index (κ3) is 2.43. The molecule has 3 unspecified atom stereocenters. The standard InChI is InChI=1S/C12H20N4O/c1-7-4-3-5-10(8(7)2)15-12(17)9-6-14-16-11(9)13/h6-8,10H,3-5H2,1-2H3,(H,15,17)(H3,13,14,16). The van der Waals surface area contributed by atoms with Gasteiger partial charge in [-0.1, -0.05) is 26.7 Å². The average Bonchev–Trinajstić information content (AvgIpc) is 2.71. The smallest absolute Gasteiger partial charge is 0.256 e. The van der Waals surface area contributed by atoms with Crippen LogP contribution in [0.4, 0.5) is 5.82 Å². The van der Waals surface area contributed by atoms with E-state index in [0.29, 0.717) is 23.2 Å². The molecule has 1 aliphatic rings. The molecule has 0 radical (unpaired) electrons. The lowest BCUT2D eigenvalue weighted by Crippen LogP contribution is -2.43. The number of hydrogen-bond donors (Lipinski definition) is 3. The first kappa shape index (κ1) is 12.0. The van der Waals surface area contributed by atoms with E-state index in [0.717, 1.165) is 6.42 Å². The Bertz CT molecular complexity index is 401. The highest BCUT2D eigenvalue weighted by atomic mass is 16.1. The molecular formula is C12H20N4O. The number of hydrogen-bond acceptors (Lipinski definition) is 3. The van der Waals surface area contributed by atoms with Crippen LogP contribution < -0.4 is 11.1 Å². The molecule has 0 bridgehead atoms. The molecule has 1 fully saturated rings. The Morgan fingerprint density at radius 3 is 2.94 bits per heavy atom. The van der Waals surface area contributed by atoms with Crippen molar-refractivity contribution in [3.8, 4) is 0 Å². The van der Waals surface area contributed by atoms with Crippen LogP contribution in [0, 0.1) is 11.8 Å². The van der Waals surface area contributed by atoms with Crippen LogP contribution in [0.1, 0.15) is 43.5 Å². The van der Waals surface area contributed by atoms with Crippen molar-refractivity contribution in [2.75, 3.05) is 5.73 Å². The zero-order chi connectivity index (χ0) is 12.4. The fourth-order valence-corrected chi connectivity index (χ4v) is 2.51. The van der Waals surface area contributed by atoms with Crippen molar-refractivity contribution in [2.45, 2.75) is 39.2 Å². The zero-order valence-corrected chi connectivity index (χ0v) is 10.4.